The zero-order valence-corrected chi connectivity index (χ0v) is 8.16. The first-order chi connectivity index (χ1) is 6.07. The van der Waals surface area contributed by atoms with E-state index < -0.39 is 17.7 Å². The summed E-state index contributed by atoms with van der Waals surface area (Å²) in [6.45, 7) is 1.44. The van der Waals surface area contributed by atoms with Crippen molar-refractivity contribution >= 4 is 11.8 Å². The van der Waals surface area contributed by atoms with Gasteiger partial charge in [0.1, 0.15) is 11.6 Å². The minimum Gasteiger partial charge on any atom is -0.389 e. The summed E-state index contributed by atoms with van der Waals surface area (Å²) in [4.78, 5) is -0.0431. The molecule has 1 aromatic carbocycles. The van der Waals surface area contributed by atoms with Crippen LogP contribution in [0.15, 0.2) is 17.0 Å². The molecule has 0 fully saturated rings. The second-order valence-electron chi connectivity index (χ2n) is 2.66. The van der Waals surface area contributed by atoms with Gasteiger partial charge in [0.25, 0.3) is 0 Å². The van der Waals surface area contributed by atoms with Crippen LogP contribution in [-0.2, 0) is 0 Å². The van der Waals surface area contributed by atoms with Crippen LogP contribution in [0.3, 0.4) is 0 Å². The van der Waals surface area contributed by atoms with Crippen LogP contribution in [0.2, 0.25) is 0 Å². The molecule has 0 aliphatic heterocycles. The zero-order chi connectivity index (χ0) is 10.0. The molecular formula is C9H10F2OS. The molecule has 1 nitrogen and oxygen atoms in total. The van der Waals surface area contributed by atoms with Gasteiger partial charge in [0.05, 0.1) is 11.0 Å². The van der Waals surface area contributed by atoms with Gasteiger partial charge < -0.3 is 5.11 Å². The minimum absolute atomic E-state index is 0.0431. The lowest BCUT2D eigenvalue weighted by molar-refractivity contribution is 0.193. The predicted molar refractivity (Wildman–Crippen MR) is 48.8 cm³/mol. The van der Waals surface area contributed by atoms with Crippen LogP contribution in [0, 0.1) is 11.6 Å². The average molecular weight is 204 g/mol. The van der Waals surface area contributed by atoms with Crippen LogP contribution in [0.4, 0.5) is 8.78 Å². The van der Waals surface area contributed by atoms with Crippen molar-refractivity contribution in [1.29, 1.82) is 0 Å². The number of thioether (sulfide) groups is 1. The molecule has 0 bridgehead atoms. The van der Waals surface area contributed by atoms with Crippen LogP contribution >= 0.6 is 11.8 Å². The zero-order valence-electron chi connectivity index (χ0n) is 7.34. The smallest absolute Gasteiger partial charge is 0.145 e. The van der Waals surface area contributed by atoms with E-state index in [0.717, 1.165) is 17.8 Å². The molecule has 72 valence electrons. The third-order valence-electron chi connectivity index (χ3n) is 1.73. The van der Waals surface area contributed by atoms with Crippen LogP contribution in [0.5, 0.6) is 0 Å². The lowest BCUT2D eigenvalue weighted by Crippen LogP contribution is -1.99. The highest BCUT2D eigenvalue weighted by molar-refractivity contribution is 7.98. The van der Waals surface area contributed by atoms with Crippen molar-refractivity contribution in [2.75, 3.05) is 6.26 Å². The Morgan fingerprint density at radius 1 is 1.38 bits per heavy atom. The molecule has 1 N–H and O–H groups in total. The van der Waals surface area contributed by atoms with Gasteiger partial charge in [0, 0.05) is 5.56 Å². The minimum atomic E-state index is -0.911. The maximum Gasteiger partial charge on any atom is 0.145 e. The maximum atomic E-state index is 13.4. The van der Waals surface area contributed by atoms with Crippen molar-refractivity contribution in [2.24, 2.45) is 0 Å². The highest BCUT2D eigenvalue weighted by Gasteiger charge is 2.15. The number of benzene rings is 1. The van der Waals surface area contributed by atoms with E-state index in [-0.39, 0.29) is 10.5 Å². The van der Waals surface area contributed by atoms with Gasteiger partial charge >= 0.3 is 0 Å². The Balaban J connectivity index is 3.27. The number of hydrogen-bond acceptors (Lipinski definition) is 2. The Kier molecular flexibility index (Phi) is 3.27. The van der Waals surface area contributed by atoms with E-state index in [9.17, 15) is 8.78 Å². The third-order valence-corrected chi connectivity index (χ3v) is 2.52. The van der Waals surface area contributed by atoms with Gasteiger partial charge in [-0.25, -0.2) is 8.78 Å². The molecule has 1 unspecified atom stereocenters. The Hall–Kier alpha value is -0.610. The van der Waals surface area contributed by atoms with Gasteiger partial charge in [-0.05, 0) is 19.2 Å². The fourth-order valence-electron chi connectivity index (χ4n) is 1.06. The number of hydrogen-bond donors (Lipinski definition) is 1. The van der Waals surface area contributed by atoms with E-state index in [0.29, 0.717) is 0 Å². The Morgan fingerprint density at radius 3 is 2.46 bits per heavy atom. The van der Waals surface area contributed by atoms with Crippen molar-refractivity contribution in [3.63, 3.8) is 0 Å². The van der Waals surface area contributed by atoms with Crippen molar-refractivity contribution in [3.05, 3.63) is 29.3 Å². The van der Waals surface area contributed by atoms with Gasteiger partial charge in [-0.15, -0.1) is 11.8 Å². The summed E-state index contributed by atoms with van der Waals surface area (Å²) in [7, 11) is 0. The molecule has 0 aliphatic rings. The fourth-order valence-corrected chi connectivity index (χ4v) is 1.62. The molecule has 0 aliphatic carbocycles. The third kappa shape index (κ3) is 2.00. The fraction of sp³-hybridized carbons (Fsp3) is 0.333. The van der Waals surface area contributed by atoms with Crippen LogP contribution < -0.4 is 0 Å². The molecule has 0 saturated heterocycles. The molecule has 4 heteroatoms. The quantitative estimate of drug-likeness (QED) is 0.747. The standard InChI is InChI=1S/C9H10F2OS/c1-5(12)6-3-4-7(10)9(13-2)8(6)11/h3-5,12H,1-2H3. The van der Waals surface area contributed by atoms with E-state index in [2.05, 4.69) is 0 Å². The molecule has 1 rings (SSSR count). The highest BCUT2D eigenvalue weighted by Crippen LogP contribution is 2.28. The van der Waals surface area contributed by atoms with E-state index in [1.807, 2.05) is 0 Å². The van der Waals surface area contributed by atoms with E-state index in [1.54, 1.807) is 6.26 Å². The molecule has 0 spiro atoms. The predicted octanol–water partition coefficient (Wildman–Crippen LogP) is 2.74. The van der Waals surface area contributed by atoms with Gasteiger partial charge in [-0.1, -0.05) is 6.07 Å². The normalized spacial score (nSPS) is 13.0. The molecule has 13 heavy (non-hydrogen) atoms. The average Bonchev–Trinajstić information content (AvgIpc) is 2.04. The largest absolute Gasteiger partial charge is 0.389 e. The Labute approximate surface area is 79.8 Å². The summed E-state index contributed by atoms with van der Waals surface area (Å²) >= 11 is 0.992. The Morgan fingerprint density at radius 2 is 2.00 bits per heavy atom. The monoisotopic (exact) mass is 204 g/mol. The second-order valence-corrected chi connectivity index (χ2v) is 3.48. The summed E-state index contributed by atoms with van der Waals surface area (Å²) in [5, 5.41) is 9.14. The van der Waals surface area contributed by atoms with E-state index >= 15 is 0 Å². The first-order valence-corrected chi connectivity index (χ1v) is 5.00. The molecule has 0 heterocycles. The maximum absolute atomic E-state index is 13.4. The van der Waals surface area contributed by atoms with Gasteiger partial charge in [0.2, 0.25) is 0 Å². The summed E-state index contributed by atoms with van der Waals surface area (Å²) in [6.07, 6.45) is 0.680. The van der Waals surface area contributed by atoms with E-state index in [1.165, 1.54) is 13.0 Å². The van der Waals surface area contributed by atoms with Crippen LogP contribution in [0.25, 0.3) is 0 Å². The number of rotatable bonds is 2. The van der Waals surface area contributed by atoms with Crippen LogP contribution in [-0.4, -0.2) is 11.4 Å². The molecule has 0 aromatic heterocycles. The lowest BCUT2D eigenvalue weighted by Gasteiger charge is -2.09. The number of aliphatic hydroxyl groups is 1. The Bertz CT molecular complexity index is 313. The molecule has 0 amide bonds. The highest BCUT2D eigenvalue weighted by atomic mass is 32.2. The lowest BCUT2D eigenvalue weighted by atomic mass is 10.1. The number of aliphatic hydroxyl groups excluding tert-OH is 1. The molecule has 0 saturated carbocycles. The van der Waals surface area contributed by atoms with Crippen LogP contribution in [0.1, 0.15) is 18.6 Å². The van der Waals surface area contributed by atoms with Gasteiger partial charge in [-0.3, -0.25) is 0 Å². The summed E-state index contributed by atoms with van der Waals surface area (Å²) in [5.41, 5.74) is 0.130. The van der Waals surface area contributed by atoms with E-state index in [4.69, 9.17) is 5.11 Å². The van der Waals surface area contributed by atoms with Crippen molar-refractivity contribution in [1.82, 2.24) is 0 Å². The van der Waals surface area contributed by atoms with Gasteiger partial charge in [-0.2, -0.15) is 0 Å². The molecule has 1 atom stereocenters. The molecular weight excluding hydrogens is 194 g/mol. The van der Waals surface area contributed by atoms with Crippen molar-refractivity contribution < 1.29 is 13.9 Å². The molecule has 1 aromatic rings. The summed E-state index contributed by atoms with van der Waals surface area (Å²) in [5.74, 6) is -1.25. The molecule has 0 radical (unpaired) electrons. The first kappa shape index (κ1) is 10.5. The SMILES string of the molecule is CSc1c(F)ccc(C(C)O)c1F. The topological polar surface area (TPSA) is 20.2 Å². The van der Waals surface area contributed by atoms with Gasteiger partial charge in [0.15, 0.2) is 0 Å². The first-order valence-electron chi connectivity index (χ1n) is 3.78. The van der Waals surface area contributed by atoms with Crippen molar-refractivity contribution in [3.8, 4) is 0 Å². The number of halogens is 2. The summed E-state index contributed by atoms with van der Waals surface area (Å²) in [6, 6.07) is 2.42. The van der Waals surface area contributed by atoms with Crippen molar-refractivity contribution in [2.45, 2.75) is 17.9 Å². The summed E-state index contributed by atoms with van der Waals surface area (Å²) < 4.78 is 26.3. The second kappa shape index (κ2) is 4.07.